The molecule has 14 heteroatoms. The van der Waals surface area contributed by atoms with Crippen LogP contribution in [-0.2, 0) is 16.1 Å². The Labute approximate surface area is 547 Å². The number of nitrogens with one attached hydrogen (secondary N) is 1. The molecule has 1 aromatic rings. The molecule has 1 aromatic carbocycles. The van der Waals surface area contributed by atoms with Crippen LogP contribution in [0.1, 0.15) is 262 Å². The normalized spacial score (nSPS) is 11.9. The number of nitro groups is 1. The number of alkyl carbamates (subject to hydrolysis) is 1. The molecule has 0 atom stereocenters. The standard InChI is InChI=1S/C21H32N2O7S.C14H28S.C13H26S.C12H24S.C11H22S/c1-20(2,3)8-9-31-18(24)21(4,5)13-22-19(25)30-12-14-10-16(28-6)17(29-7)11-15(14)23(26)27;1-12(14(5,6)7)15-11-9-8-10-13(2,3)4;1-11(2)12(3)14-10-8-7-9-13(4,5)6;1-6-11(2)13-10-8-7-9-12(3,4)5;1-10(2)12-9-7-6-8-11(3,4)5/h10-11H,8-9,12-13H2,1-7H3,(H,22,25);1,8-11H2,2-7H3;11H,3,7-10H2,1-2,4-6H3;2,6-10H2,1,3-5H3;1,6-9H2,2-5H3. The van der Waals surface area contributed by atoms with E-state index >= 15 is 0 Å². The van der Waals surface area contributed by atoms with Gasteiger partial charge in [0.15, 0.2) is 16.6 Å². The van der Waals surface area contributed by atoms with Crippen LogP contribution in [0.4, 0.5) is 10.5 Å². The third-order valence-electron chi connectivity index (χ3n) is 12.8. The average molecular weight is 1290 g/mol. The molecule has 0 unspecified atom stereocenters. The number of amides is 1. The average Bonchev–Trinajstić information content (AvgIpc) is 3.55. The Morgan fingerprint density at radius 2 is 0.953 bits per heavy atom. The van der Waals surface area contributed by atoms with Crippen LogP contribution >= 0.6 is 58.8 Å². The predicted octanol–water partition coefficient (Wildman–Crippen LogP) is 24.5. The summed E-state index contributed by atoms with van der Waals surface area (Å²) in [5, 5.41) is 13.9. The van der Waals surface area contributed by atoms with Gasteiger partial charge in [-0.05, 0) is 158 Å². The van der Waals surface area contributed by atoms with Crippen molar-refractivity contribution < 1.29 is 28.7 Å². The lowest BCUT2D eigenvalue weighted by atomic mass is 9.90. The first-order valence-electron chi connectivity index (χ1n) is 31.3. The smallest absolute Gasteiger partial charge is 0.407 e. The van der Waals surface area contributed by atoms with Gasteiger partial charge in [-0.2, -0.15) is 0 Å². The number of ether oxygens (including phenoxy) is 3. The zero-order valence-corrected chi connectivity index (χ0v) is 63.8. The van der Waals surface area contributed by atoms with Gasteiger partial charge in [0.25, 0.3) is 5.69 Å². The molecule has 498 valence electrons. The molecule has 0 aliphatic carbocycles. The molecule has 9 nitrogen and oxygen atoms in total. The van der Waals surface area contributed by atoms with E-state index in [4.69, 9.17) is 14.2 Å². The van der Waals surface area contributed by atoms with E-state index in [1.165, 1.54) is 158 Å². The predicted molar refractivity (Wildman–Crippen MR) is 390 cm³/mol. The molecule has 0 aromatic heterocycles. The lowest BCUT2D eigenvalue weighted by Crippen LogP contribution is -2.38. The number of nitrogens with zero attached hydrogens (tertiary/aromatic N) is 1. The van der Waals surface area contributed by atoms with Crippen molar-refractivity contribution in [3.05, 3.63) is 73.7 Å². The fourth-order valence-electron chi connectivity index (χ4n) is 6.78. The molecule has 0 radical (unpaired) electrons. The maximum Gasteiger partial charge on any atom is 0.407 e. The fraction of sp³-hybridized carbons (Fsp3) is 0.775. The summed E-state index contributed by atoms with van der Waals surface area (Å²) in [6, 6.07) is 2.61. The van der Waals surface area contributed by atoms with Crippen molar-refractivity contribution in [2.45, 2.75) is 263 Å². The van der Waals surface area contributed by atoms with E-state index < -0.39 is 16.4 Å². The van der Waals surface area contributed by atoms with Gasteiger partial charge in [-0.3, -0.25) is 14.9 Å². The number of nitro benzene ring substituents is 1. The van der Waals surface area contributed by atoms with Crippen molar-refractivity contribution in [2.75, 3.05) is 49.5 Å². The molecule has 0 aliphatic rings. The first kappa shape index (κ1) is 89.3. The molecule has 0 saturated carbocycles. The summed E-state index contributed by atoms with van der Waals surface area (Å²) >= 11 is 8.95. The molecule has 1 N–H and O–H groups in total. The highest BCUT2D eigenvalue weighted by Gasteiger charge is 2.30. The third-order valence-corrected chi connectivity index (χ3v) is 19.0. The molecule has 0 spiro atoms. The Morgan fingerprint density at radius 1 is 0.565 bits per heavy atom. The van der Waals surface area contributed by atoms with Crippen LogP contribution < -0.4 is 14.8 Å². The van der Waals surface area contributed by atoms with Gasteiger partial charge in [0.1, 0.15) is 6.61 Å². The molecule has 0 fully saturated rings. The van der Waals surface area contributed by atoms with E-state index in [1.54, 1.807) is 13.8 Å². The van der Waals surface area contributed by atoms with Crippen LogP contribution in [0, 0.1) is 53.9 Å². The van der Waals surface area contributed by atoms with E-state index in [0.717, 1.165) is 12.8 Å². The SMILES string of the molecule is C=C(C)SCCCCC(C)(C)C.C=C(CC)SCCCCC(C)(C)C.C=C(SCCCCC(C)(C)C)C(C)(C)C.C=C(SCCCCC(C)(C)C)C(C)C.COc1cc(COC(=O)NCC(C)(C)C(=O)SCCC(C)(C)C)c([N+](=O)[O-])cc1OC. The molecule has 0 saturated heterocycles. The second-order valence-corrected chi connectivity index (χ2v) is 36.4. The van der Waals surface area contributed by atoms with E-state index in [9.17, 15) is 19.7 Å². The van der Waals surface area contributed by atoms with E-state index in [0.29, 0.717) is 33.3 Å². The Balaban J connectivity index is -0.000000516. The van der Waals surface area contributed by atoms with Crippen LogP contribution in [0.15, 0.2) is 58.1 Å². The van der Waals surface area contributed by atoms with Gasteiger partial charge in [0.2, 0.25) is 0 Å². The van der Waals surface area contributed by atoms with Gasteiger partial charge in [0.05, 0.1) is 36.2 Å². The Hall–Kier alpha value is -2.13. The summed E-state index contributed by atoms with van der Waals surface area (Å²) in [5.41, 5.74) is 1.53. The first-order valence-corrected chi connectivity index (χ1v) is 36.3. The minimum atomic E-state index is -0.781. The quantitative estimate of drug-likeness (QED) is 0.0420. The Kier molecular flexibility index (Phi) is 48.3. The lowest BCUT2D eigenvalue weighted by molar-refractivity contribution is -0.385. The third kappa shape index (κ3) is 59.3. The van der Waals surface area contributed by atoms with Crippen LogP contribution in [0.3, 0.4) is 0 Å². The number of hydrogen-bond donors (Lipinski definition) is 1. The zero-order valence-electron chi connectivity index (χ0n) is 59.8. The van der Waals surface area contributed by atoms with E-state index in [-0.39, 0.29) is 51.8 Å². The first-order chi connectivity index (χ1) is 38.6. The van der Waals surface area contributed by atoms with Crippen LogP contribution in [0.2, 0.25) is 0 Å². The molecular weight excluding hydrogens is 1150 g/mol. The number of thioether (sulfide) groups is 5. The van der Waals surface area contributed by atoms with Crippen molar-refractivity contribution in [2.24, 2.45) is 43.8 Å². The lowest BCUT2D eigenvalue weighted by Gasteiger charge is -2.24. The summed E-state index contributed by atoms with van der Waals surface area (Å²) in [4.78, 5) is 40.5. The zero-order chi connectivity index (χ0) is 67.1. The van der Waals surface area contributed by atoms with Gasteiger partial charge in [-0.25, -0.2) is 4.79 Å². The second-order valence-electron chi connectivity index (χ2n) is 30.2. The number of unbranched alkanes of at least 4 members (excludes halogenated alkanes) is 4. The molecular formula is C71H132N2O7S5. The van der Waals surface area contributed by atoms with Crippen molar-refractivity contribution in [1.82, 2.24) is 5.32 Å². The van der Waals surface area contributed by atoms with Crippen LogP contribution in [-0.4, -0.2) is 65.7 Å². The summed E-state index contributed by atoms with van der Waals surface area (Å²) in [7, 11) is 2.77. The maximum atomic E-state index is 12.5. The number of allylic oxidation sites excluding steroid dienone is 4. The van der Waals surface area contributed by atoms with Gasteiger partial charge >= 0.3 is 6.09 Å². The minimum Gasteiger partial charge on any atom is -0.493 e. The summed E-state index contributed by atoms with van der Waals surface area (Å²) in [6.45, 7) is 68.7. The highest BCUT2D eigenvalue weighted by Crippen LogP contribution is 2.36. The molecule has 0 bridgehead atoms. The van der Waals surface area contributed by atoms with Gasteiger partial charge in [0, 0.05) is 12.3 Å². The summed E-state index contributed by atoms with van der Waals surface area (Å²) < 4.78 is 15.3. The number of benzene rings is 1. The van der Waals surface area contributed by atoms with Crippen LogP contribution in [0.25, 0.3) is 0 Å². The van der Waals surface area contributed by atoms with Crippen molar-refractivity contribution in [3.8, 4) is 11.5 Å². The number of methoxy groups -OCH3 is 2. The van der Waals surface area contributed by atoms with Gasteiger partial charge in [-0.1, -0.05) is 223 Å². The molecule has 0 heterocycles. The maximum absolute atomic E-state index is 12.5. The fourth-order valence-corrected chi connectivity index (χ4v) is 11.6. The van der Waals surface area contributed by atoms with Crippen molar-refractivity contribution in [3.63, 3.8) is 0 Å². The molecule has 1 amide bonds. The van der Waals surface area contributed by atoms with E-state index in [1.807, 2.05) is 47.0 Å². The van der Waals surface area contributed by atoms with Crippen molar-refractivity contribution in [1.29, 1.82) is 0 Å². The van der Waals surface area contributed by atoms with Crippen LogP contribution in [0.5, 0.6) is 11.5 Å². The highest BCUT2D eigenvalue weighted by atomic mass is 32.2. The van der Waals surface area contributed by atoms with Gasteiger partial charge < -0.3 is 19.5 Å². The number of hydrogen-bond acceptors (Lipinski definition) is 12. The minimum absolute atomic E-state index is 0.0208. The number of carbonyl (C=O) groups excluding carboxylic acids is 2. The monoisotopic (exact) mass is 1280 g/mol. The summed E-state index contributed by atoms with van der Waals surface area (Å²) in [6.07, 6.45) is 17.3. The summed E-state index contributed by atoms with van der Waals surface area (Å²) in [5.74, 6) is 6.78. The molecule has 1 rings (SSSR count). The Bertz CT molecular complexity index is 2040. The molecule has 0 aliphatic heterocycles. The largest absolute Gasteiger partial charge is 0.493 e. The Morgan fingerprint density at radius 3 is 1.31 bits per heavy atom. The number of carbonyl (C=O) groups is 2. The second kappa shape index (κ2) is 46.0. The topological polar surface area (TPSA) is 117 Å². The molecule has 85 heavy (non-hydrogen) atoms. The highest BCUT2D eigenvalue weighted by molar-refractivity contribution is 8.13. The van der Waals surface area contributed by atoms with Gasteiger partial charge in [-0.15, -0.1) is 47.0 Å². The van der Waals surface area contributed by atoms with Crippen molar-refractivity contribution >= 4 is 75.7 Å². The van der Waals surface area contributed by atoms with E-state index in [2.05, 4.69) is 184 Å². The number of rotatable bonds is 32.